The standard InChI is InChI=1S/C10H12ClFN2O/c11-7-3-4-8(12)9(6-7)14-10(15)2-1-5-13/h3-4,6H,1-2,5,13H2,(H,14,15). The van der Waals surface area contributed by atoms with Crippen LogP contribution in [-0.4, -0.2) is 12.5 Å². The molecule has 0 aliphatic heterocycles. The molecule has 0 atom stereocenters. The Balaban J connectivity index is 2.63. The number of carbonyl (C=O) groups is 1. The van der Waals surface area contributed by atoms with Crippen molar-refractivity contribution in [2.45, 2.75) is 12.8 Å². The Labute approximate surface area is 92.4 Å². The van der Waals surface area contributed by atoms with E-state index in [2.05, 4.69) is 5.32 Å². The van der Waals surface area contributed by atoms with E-state index in [1.165, 1.54) is 18.2 Å². The number of benzene rings is 1. The molecule has 0 aliphatic carbocycles. The molecule has 1 rings (SSSR count). The lowest BCUT2D eigenvalue weighted by Gasteiger charge is -2.06. The molecule has 5 heteroatoms. The molecule has 1 aromatic rings. The van der Waals surface area contributed by atoms with Crippen molar-refractivity contribution in [2.24, 2.45) is 5.73 Å². The molecule has 0 spiro atoms. The molecule has 0 unspecified atom stereocenters. The molecule has 0 saturated heterocycles. The van der Waals surface area contributed by atoms with Crippen LogP contribution in [0.4, 0.5) is 10.1 Å². The summed E-state index contributed by atoms with van der Waals surface area (Å²) in [7, 11) is 0. The fraction of sp³-hybridized carbons (Fsp3) is 0.300. The molecule has 0 aromatic heterocycles. The van der Waals surface area contributed by atoms with Gasteiger partial charge in [-0.25, -0.2) is 4.39 Å². The van der Waals surface area contributed by atoms with Crippen LogP contribution in [-0.2, 0) is 4.79 Å². The first kappa shape index (κ1) is 11.9. The Hall–Kier alpha value is -1.13. The molecule has 0 radical (unpaired) electrons. The van der Waals surface area contributed by atoms with Crippen molar-refractivity contribution in [3.63, 3.8) is 0 Å². The molecule has 3 nitrogen and oxygen atoms in total. The third-order valence-corrected chi connectivity index (χ3v) is 2.05. The van der Waals surface area contributed by atoms with Crippen LogP contribution in [0.2, 0.25) is 5.02 Å². The average molecular weight is 231 g/mol. The van der Waals surface area contributed by atoms with Gasteiger partial charge in [0.2, 0.25) is 5.91 Å². The quantitative estimate of drug-likeness (QED) is 0.833. The maximum Gasteiger partial charge on any atom is 0.224 e. The summed E-state index contributed by atoms with van der Waals surface area (Å²) in [5.41, 5.74) is 5.35. The normalized spacial score (nSPS) is 10.1. The number of halogens is 2. The molecule has 0 heterocycles. The van der Waals surface area contributed by atoms with Crippen molar-refractivity contribution in [1.82, 2.24) is 0 Å². The zero-order valence-corrected chi connectivity index (χ0v) is 8.85. The third kappa shape index (κ3) is 3.85. The maximum atomic E-state index is 13.2. The second-order valence-corrected chi connectivity index (χ2v) is 3.50. The van der Waals surface area contributed by atoms with Crippen LogP contribution >= 0.6 is 11.6 Å². The molecular weight excluding hydrogens is 219 g/mol. The first-order chi connectivity index (χ1) is 7.13. The first-order valence-corrected chi connectivity index (χ1v) is 4.96. The lowest BCUT2D eigenvalue weighted by atomic mass is 10.2. The molecule has 0 aliphatic rings. The number of anilines is 1. The highest BCUT2D eigenvalue weighted by Crippen LogP contribution is 2.19. The Kier molecular flexibility index (Phi) is 4.52. The Bertz CT molecular complexity index is 357. The van der Waals surface area contributed by atoms with Gasteiger partial charge in [-0.1, -0.05) is 11.6 Å². The molecular formula is C10H12ClFN2O. The minimum absolute atomic E-state index is 0.101. The predicted molar refractivity (Wildman–Crippen MR) is 58.3 cm³/mol. The largest absolute Gasteiger partial charge is 0.330 e. The SMILES string of the molecule is NCCCC(=O)Nc1cc(Cl)ccc1F. The van der Waals surface area contributed by atoms with Gasteiger partial charge in [0.05, 0.1) is 5.69 Å². The fourth-order valence-electron chi connectivity index (χ4n) is 1.07. The van der Waals surface area contributed by atoms with E-state index >= 15 is 0 Å². The number of amides is 1. The number of hydrogen-bond acceptors (Lipinski definition) is 2. The van der Waals surface area contributed by atoms with Crippen molar-refractivity contribution in [3.05, 3.63) is 29.0 Å². The van der Waals surface area contributed by atoms with Crippen molar-refractivity contribution < 1.29 is 9.18 Å². The summed E-state index contributed by atoms with van der Waals surface area (Å²) in [5.74, 6) is -0.762. The van der Waals surface area contributed by atoms with E-state index in [0.717, 1.165) is 0 Å². The summed E-state index contributed by atoms with van der Waals surface area (Å²) in [6, 6.07) is 4.00. The molecule has 82 valence electrons. The molecule has 15 heavy (non-hydrogen) atoms. The van der Waals surface area contributed by atoms with Gasteiger partial charge in [-0.2, -0.15) is 0 Å². The predicted octanol–water partition coefficient (Wildman–Crippen LogP) is 2.16. The molecule has 0 bridgehead atoms. The van der Waals surface area contributed by atoms with Crippen LogP contribution in [0.15, 0.2) is 18.2 Å². The lowest BCUT2D eigenvalue weighted by molar-refractivity contribution is -0.116. The van der Waals surface area contributed by atoms with E-state index in [1.807, 2.05) is 0 Å². The fourth-order valence-corrected chi connectivity index (χ4v) is 1.24. The number of carbonyl (C=O) groups excluding carboxylic acids is 1. The highest BCUT2D eigenvalue weighted by atomic mass is 35.5. The van der Waals surface area contributed by atoms with E-state index in [-0.39, 0.29) is 18.0 Å². The number of hydrogen-bond donors (Lipinski definition) is 2. The zero-order valence-electron chi connectivity index (χ0n) is 8.09. The van der Waals surface area contributed by atoms with Gasteiger partial charge in [0, 0.05) is 11.4 Å². The van der Waals surface area contributed by atoms with Gasteiger partial charge in [-0.15, -0.1) is 0 Å². The number of nitrogens with one attached hydrogen (secondary N) is 1. The van der Waals surface area contributed by atoms with Crippen LogP contribution in [0, 0.1) is 5.82 Å². The Morgan fingerprint density at radius 3 is 2.93 bits per heavy atom. The van der Waals surface area contributed by atoms with Crippen LogP contribution in [0.3, 0.4) is 0 Å². The van der Waals surface area contributed by atoms with Gasteiger partial charge in [0.25, 0.3) is 0 Å². The van der Waals surface area contributed by atoms with Crippen molar-refractivity contribution >= 4 is 23.2 Å². The minimum atomic E-state index is -0.500. The topological polar surface area (TPSA) is 55.1 Å². The van der Waals surface area contributed by atoms with Crippen LogP contribution in [0.5, 0.6) is 0 Å². The third-order valence-electron chi connectivity index (χ3n) is 1.81. The van der Waals surface area contributed by atoms with E-state index in [4.69, 9.17) is 17.3 Å². The highest BCUT2D eigenvalue weighted by molar-refractivity contribution is 6.30. The Morgan fingerprint density at radius 2 is 2.27 bits per heavy atom. The van der Waals surface area contributed by atoms with E-state index in [0.29, 0.717) is 18.0 Å². The molecule has 1 amide bonds. The second kappa shape index (κ2) is 5.68. The minimum Gasteiger partial charge on any atom is -0.330 e. The highest BCUT2D eigenvalue weighted by Gasteiger charge is 2.06. The maximum absolute atomic E-state index is 13.2. The summed E-state index contributed by atoms with van der Waals surface area (Å²) in [6.45, 7) is 0.436. The van der Waals surface area contributed by atoms with Crippen molar-refractivity contribution in [3.8, 4) is 0 Å². The smallest absolute Gasteiger partial charge is 0.224 e. The van der Waals surface area contributed by atoms with Gasteiger partial charge in [0.1, 0.15) is 5.82 Å². The van der Waals surface area contributed by atoms with Crippen LogP contribution < -0.4 is 11.1 Å². The van der Waals surface area contributed by atoms with E-state index in [1.54, 1.807) is 0 Å². The lowest BCUT2D eigenvalue weighted by Crippen LogP contribution is -2.14. The first-order valence-electron chi connectivity index (χ1n) is 4.58. The summed E-state index contributed by atoms with van der Waals surface area (Å²) in [4.78, 5) is 11.3. The van der Waals surface area contributed by atoms with E-state index < -0.39 is 5.82 Å². The van der Waals surface area contributed by atoms with E-state index in [9.17, 15) is 9.18 Å². The molecule has 0 saturated carbocycles. The summed E-state index contributed by atoms with van der Waals surface area (Å²) < 4.78 is 13.2. The van der Waals surface area contributed by atoms with Gasteiger partial charge >= 0.3 is 0 Å². The Morgan fingerprint density at radius 1 is 1.53 bits per heavy atom. The van der Waals surface area contributed by atoms with Gasteiger partial charge in [-0.05, 0) is 31.2 Å². The van der Waals surface area contributed by atoms with Gasteiger partial charge < -0.3 is 11.1 Å². The average Bonchev–Trinajstić information content (AvgIpc) is 2.20. The van der Waals surface area contributed by atoms with Crippen LogP contribution in [0.25, 0.3) is 0 Å². The molecule has 1 aromatic carbocycles. The second-order valence-electron chi connectivity index (χ2n) is 3.06. The summed E-state index contributed by atoms with van der Waals surface area (Å²) >= 11 is 5.67. The number of nitrogens with two attached hydrogens (primary N) is 1. The van der Waals surface area contributed by atoms with Crippen LogP contribution in [0.1, 0.15) is 12.8 Å². The summed E-state index contributed by atoms with van der Waals surface area (Å²) in [6.07, 6.45) is 0.858. The van der Waals surface area contributed by atoms with Gasteiger partial charge in [-0.3, -0.25) is 4.79 Å². The van der Waals surface area contributed by atoms with Crippen molar-refractivity contribution in [2.75, 3.05) is 11.9 Å². The zero-order chi connectivity index (χ0) is 11.3. The van der Waals surface area contributed by atoms with Crippen molar-refractivity contribution in [1.29, 1.82) is 0 Å². The monoisotopic (exact) mass is 230 g/mol. The molecule has 3 N–H and O–H groups in total. The van der Waals surface area contributed by atoms with Gasteiger partial charge in [0.15, 0.2) is 0 Å². The molecule has 0 fully saturated rings. The summed E-state index contributed by atoms with van der Waals surface area (Å²) in [5, 5.41) is 2.81. The number of rotatable bonds is 4.